The second-order valence-corrected chi connectivity index (χ2v) is 15.2. The number of nitrogens with one attached hydrogen (secondary N) is 3. The third-order valence-electron chi connectivity index (χ3n) is 7.21. The van der Waals surface area contributed by atoms with Crippen molar-refractivity contribution in [2.75, 3.05) is 29.3 Å². The average Bonchev–Trinajstić information content (AvgIpc) is 2.95. The summed E-state index contributed by atoms with van der Waals surface area (Å²) in [5, 5.41) is 11.8. The van der Waals surface area contributed by atoms with Crippen LogP contribution in [0.1, 0.15) is 31.9 Å². The SMILES string of the molecule is Cc1c(NC(=O)Nc2ccc(Oc3ccnc(Nc4ccccc4)c3)c3ccccc23)cc(C(C)(C)C)cc1P(C)(C)=O. The van der Waals surface area contributed by atoms with Crippen LogP contribution in [0.15, 0.2) is 97.2 Å². The number of carbonyl (C=O) groups is 1. The smallest absolute Gasteiger partial charge is 0.323 e. The predicted molar refractivity (Wildman–Crippen MR) is 180 cm³/mol. The number of hydrogen-bond acceptors (Lipinski definition) is 5. The van der Waals surface area contributed by atoms with Crippen LogP contribution in [0.2, 0.25) is 0 Å². The fourth-order valence-corrected chi connectivity index (χ4v) is 6.28. The number of para-hydroxylation sites is 1. The summed E-state index contributed by atoms with van der Waals surface area (Å²) < 4.78 is 19.4. The molecule has 3 N–H and O–H groups in total. The number of amides is 2. The number of pyridine rings is 1. The van der Waals surface area contributed by atoms with Gasteiger partial charge < -0.3 is 25.3 Å². The molecule has 0 aliphatic carbocycles. The lowest BCUT2D eigenvalue weighted by Gasteiger charge is -2.24. The van der Waals surface area contributed by atoms with Crippen LogP contribution in [0.4, 0.5) is 27.7 Å². The number of fused-ring (bicyclic) bond motifs is 1. The second kappa shape index (κ2) is 11.9. The van der Waals surface area contributed by atoms with E-state index in [1.807, 2.05) is 91.9 Å². The standard InChI is InChI=1S/C35H37N4O3P/c1-23-30(20-24(35(2,3)4)21-32(23)43(5,6)41)39-34(40)38-29-16-17-31(28-15-11-10-14-27(28)29)42-26-18-19-36-33(22-26)37-25-12-8-7-9-13-25/h7-22H,1-6H3,(H,36,37)(H2,38,39,40). The largest absolute Gasteiger partial charge is 0.457 e. The van der Waals surface area contributed by atoms with Crippen LogP contribution in [0.5, 0.6) is 11.5 Å². The van der Waals surface area contributed by atoms with E-state index in [1.165, 1.54) is 0 Å². The molecule has 0 spiro atoms. The first kappa shape index (κ1) is 29.9. The molecule has 0 fully saturated rings. The van der Waals surface area contributed by atoms with E-state index in [0.717, 1.165) is 32.9 Å². The number of hydrogen-bond donors (Lipinski definition) is 3. The van der Waals surface area contributed by atoms with Gasteiger partial charge in [0.15, 0.2) is 0 Å². The Morgan fingerprint density at radius 2 is 1.49 bits per heavy atom. The molecule has 0 aliphatic rings. The van der Waals surface area contributed by atoms with Gasteiger partial charge >= 0.3 is 6.03 Å². The monoisotopic (exact) mass is 592 g/mol. The van der Waals surface area contributed by atoms with Crippen LogP contribution in [0.3, 0.4) is 0 Å². The number of urea groups is 1. The van der Waals surface area contributed by atoms with Gasteiger partial charge in [-0.3, -0.25) is 0 Å². The predicted octanol–water partition coefficient (Wildman–Crippen LogP) is 9.27. The van der Waals surface area contributed by atoms with Crippen molar-refractivity contribution in [1.82, 2.24) is 4.98 Å². The number of benzene rings is 4. The Labute approximate surface area is 253 Å². The maximum Gasteiger partial charge on any atom is 0.323 e. The summed E-state index contributed by atoms with van der Waals surface area (Å²) in [6.07, 6.45) is 1.70. The van der Waals surface area contributed by atoms with Gasteiger partial charge in [0.2, 0.25) is 0 Å². The Balaban J connectivity index is 1.39. The molecule has 0 unspecified atom stereocenters. The van der Waals surface area contributed by atoms with Gasteiger partial charge in [-0.1, -0.05) is 63.2 Å². The number of rotatable bonds is 7. The molecule has 2 amide bonds. The van der Waals surface area contributed by atoms with Gasteiger partial charge in [0.25, 0.3) is 0 Å². The highest BCUT2D eigenvalue weighted by atomic mass is 31.2. The van der Waals surface area contributed by atoms with E-state index in [-0.39, 0.29) is 11.4 Å². The molecule has 43 heavy (non-hydrogen) atoms. The molecular formula is C35H37N4O3P. The maximum absolute atomic E-state index is 13.3. The van der Waals surface area contributed by atoms with Crippen LogP contribution in [0, 0.1) is 6.92 Å². The molecule has 4 aromatic carbocycles. The first-order valence-electron chi connectivity index (χ1n) is 14.1. The Morgan fingerprint density at radius 3 is 2.19 bits per heavy atom. The van der Waals surface area contributed by atoms with E-state index in [9.17, 15) is 9.36 Å². The second-order valence-electron chi connectivity index (χ2n) is 12.0. The van der Waals surface area contributed by atoms with E-state index in [0.29, 0.717) is 28.7 Å². The number of aromatic nitrogens is 1. The zero-order valence-electron chi connectivity index (χ0n) is 25.4. The summed E-state index contributed by atoms with van der Waals surface area (Å²) in [5.41, 5.74) is 3.86. The average molecular weight is 593 g/mol. The fraction of sp³-hybridized carbons (Fsp3) is 0.200. The Hall–Kier alpha value is -4.61. The van der Waals surface area contributed by atoms with E-state index in [1.54, 1.807) is 25.6 Å². The molecule has 220 valence electrons. The lowest BCUT2D eigenvalue weighted by atomic mass is 9.86. The first-order valence-corrected chi connectivity index (χ1v) is 16.7. The number of ether oxygens (including phenoxy) is 1. The molecule has 5 rings (SSSR count). The molecule has 0 aliphatic heterocycles. The van der Waals surface area contributed by atoms with Gasteiger partial charge in [-0.05, 0) is 79.3 Å². The lowest BCUT2D eigenvalue weighted by molar-refractivity contribution is 0.262. The van der Waals surface area contributed by atoms with Crippen molar-refractivity contribution in [2.45, 2.75) is 33.1 Å². The van der Waals surface area contributed by atoms with Crippen molar-refractivity contribution >= 4 is 52.1 Å². The van der Waals surface area contributed by atoms with Crippen molar-refractivity contribution in [3.63, 3.8) is 0 Å². The number of anilines is 4. The van der Waals surface area contributed by atoms with Gasteiger partial charge in [0.1, 0.15) is 24.5 Å². The third-order valence-corrected chi connectivity index (χ3v) is 8.84. The minimum atomic E-state index is -2.57. The highest BCUT2D eigenvalue weighted by Crippen LogP contribution is 2.40. The molecule has 8 heteroatoms. The topological polar surface area (TPSA) is 92.3 Å². The normalized spacial score (nSPS) is 11.7. The molecule has 5 aromatic rings. The highest BCUT2D eigenvalue weighted by molar-refractivity contribution is 7.70. The molecule has 7 nitrogen and oxygen atoms in total. The summed E-state index contributed by atoms with van der Waals surface area (Å²) in [6, 6.07) is 28.5. The lowest BCUT2D eigenvalue weighted by Crippen LogP contribution is -2.24. The maximum atomic E-state index is 13.3. The third kappa shape index (κ3) is 7.07. The van der Waals surface area contributed by atoms with Crippen LogP contribution in [-0.4, -0.2) is 24.3 Å². The van der Waals surface area contributed by atoms with Gasteiger partial charge in [-0.2, -0.15) is 0 Å². The van der Waals surface area contributed by atoms with Crippen molar-refractivity contribution < 1.29 is 14.1 Å². The molecule has 1 heterocycles. The molecule has 0 saturated heterocycles. The van der Waals surface area contributed by atoms with Crippen molar-refractivity contribution in [1.29, 1.82) is 0 Å². The molecular weight excluding hydrogens is 555 g/mol. The van der Waals surface area contributed by atoms with Crippen molar-refractivity contribution in [3.05, 3.63) is 108 Å². The number of nitrogens with zero attached hydrogens (tertiary/aromatic N) is 1. The Morgan fingerprint density at radius 1 is 0.814 bits per heavy atom. The Kier molecular flexibility index (Phi) is 8.30. The van der Waals surface area contributed by atoms with Crippen LogP contribution < -0.4 is 26.0 Å². The Bertz CT molecular complexity index is 1840. The molecule has 0 radical (unpaired) electrons. The van der Waals surface area contributed by atoms with Gasteiger partial charge in [0.05, 0.1) is 5.69 Å². The summed E-state index contributed by atoms with van der Waals surface area (Å²) in [7, 11) is -2.57. The quantitative estimate of drug-likeness (QED) is 0.164. The molecule has 1 aromatic heterocycles. The van der Waals surface area contributed by atoms with Gasteiger partial charge in [-0.25, -0.2) is 9.78 Å². The van der Waals surface area contributed by atoms with Crippen LogP contribution >= 0.6 is 7.14 Å². The molecule has 0 bridgehead atoms. The fourth-order valence-electron chi connectivity index (χ4n) is 4.91. The van der Waals surface area contributed by atoms with E-state index in [4.69, 9.17) is 4.74 Å². The summed E-state index contributed by atoms with van der Waals surface area (Å²) >= 11 is 0. The van der Waals surface area contributed by atoms with E-state index < -0.39 is 7.14 Å². The zero-order chi connectivity index (χ0) is 30.8. The van der Waals surface area contributed by atoms with Gasteiger partial charge in [-0.15, -0.1) is 0 Å². The highest BCUT2D eigenvalue weighted by Gasteiger charge is 2.23. The van der Waals surface area contributed by atoms with Gasteiger partial charge in [0, 0.05) is 39.7 Å². The zero-order valence-corrected chi connectivity index (χ0v) is 26.3. The van der Waals surface area contributed by atoms with Crippen LogP contribution in [-0.2, 0) is 9.98 Å². The van der Waals surface area contributed by atoms with E-state index >= 15 is 0 Å². The summed E-state index contributed by atoms with van der Waals surface area (Å²) in [4.78, 5) is 17.7. The summed E-state index contributed by atoms with van der Waals surface area (Å²) in [5.74, 6) is 1.95. The van der Waals surface area contributed by atoms with Crippen LogP contribution in [0.25, 0.3) is 10.8 Å². The van der Waals surface area contributed by atoms with Crippen molar-refractivity contribution in [2.24, 2.45) is 0 Å². The molecule has 0 atom stereocenters. The minimum absolute atomic E-state index is 0.177. The van der Waals surface area contributed by atoms with E-state index in [2.05, 4.69) is 41.7 Å². The van der Waals surface area contributed by atoms with Crippen molar-refractivity contribution in [3.8, 4) is 11.5 Å². The molecule has 0 saturated carbocycles. The summed E-state index contributed by atoms with van der Waals surface area (Å²) in [6.45, 7) is 11.7. The minimum Gasteiger partial charge on any atom is -0.457 e. The number of carbonyl (C=O) groups excluding carboxylic acids is 1. The first-order chi connectivity index (χ1) is 20.4.